The van der Waals surface area contributed by atoms with Crippen molar-refractivity contribution in [1.29, 1.82) is 0 Å². The van der Waals surface area contributed by atoms with Gasteiger partial charge in [-0.1, -0.05) is 24.6 Å². The van der Waals surface area contributed by atoms with Crippen molar-refractivity contribution in [3.63, 3.8) is 0 Å². The normalized spacial score (nSPS) is 30.7. The summed E-state index contributed by atoms with van der Waals surface area (Å²) >= 11 is 0. The molecule has 4 heterocycles. The van der Waals surface area contributed by atoms with Gasteiger partial charge in [0.25, 0.3) is 0 Å². The molecule has 3 aliphatic heterocycles. The van der Waals surface area contributed by atoms with E-state index in [0.29, 0.717) is 0 Å². The van der Waals surface area contributed by atoms with Gasteiger partial charge in [0.2, 0.25) is 0 Å². The molecular formula is C20H25N3. The number of para-hydroxylation sites is 1. The number of piperidine rings is 1. The van der Waals surface area contributed by atoms with E-state index in [9.17, 15) is 0 Å². The van der Waals surface area contributed by atoms with E-state index in [2.05, 4.69) is 46.0 Å². The Morgan fingerprint density at radius 2 is 2.04 bits per heavy atom. The number of hydrogen-bond acceptors (Lipinski definition) is 3. The number of pyridine rings is 1. The SMILES string of the molecule is Cc1cccc2c(N3CC4CN5CCCCC5C4C3)ccnc12. The molecule has 2 aromatic rings. The summed E-state index contributed by atoms with van der Waals surface area (Å²) in [7, 11) is 0. The Morgan fingerprint density at radius 1 is 1.09 bits per heavy atom. The van der Waals surface area contributed by atoms with Crippen molar-refractivity contribution in [2.45, 2.75) is 32.2 Å². The lowest BCUT2D eigenvalue weighted by Gasteiger charge is -2.33. The Labute approximate surface area is 138 Å². The first-order valence-electron chi connectivity index (χ1n) is 9.14. The van der Waals surface area contributed by atoms with Gasteiger partial charge in [-0.2, -0.15) is 0 Å². The van der Waals surface area contributed by atoms with E-state index in [0.717, 1.165) is 17.9 Å². The molecule has 3 unspecified atom stereocenters. The number of benzene rings is 1. The Morgan fingerprint density at radius 3 is 3.00 bits per heavy atom. The van der Waals surface area contributed by atoms with E-state index in [1.807, 2.05) is 6.20 Å². The molecule has 0 amide bonds. The molecule has 0 saturated carbocycles. The predicted octanol–water partition coefficient (Wildman–Crippen LogP) is 3.46. The third-order valence-electron chi connectivity index (χ3n) is 6.41. The first-order chi connectivity index (χ1) is 11.3. The second-order valence-electron chi connectivity index (χ2n) is 7.69. The summed E-state index contributed by atoms with van der Waals surface area (Å²) in [5, 5.41) is 1.33. The Hall–Kier alpha value is -1.61. The first kappa shape index (κ1) is 13.8. The summed E-state index contributed by atoms with van der Waals surface area (Å²) in [5.74, 6) is 1.74. The highest BCUT2D eigenvalue weighted by molar-refractivity contribution is 5.93. The molecule has 23 heavy (non-hydrogen) atoms. The molecule has 3 heteroatoms. The highest BCUT2D eigenvalue weighted by Crippen LogP contribution is 2.42. The molecular weight excluding hydrogens is 282 g/mol. The molecule has 0 radical (unpaired) electrons. The summed E-state index contributed by atoms with van der Waals surface area (Å²) in [4.78, 5) is 10.0. The quantitative estimate of drug-likeness (QED) is 0.804. The van der Waals surface area contributed by atoms with Gasteiger partial charge < -0.3 is 4.90 Å². The zero-order valence-electron chi connectivity index (χ0n) is 13.9. The minimum absolute atomic E-state index is 0.855. The van der Waals surface area contributed by atoms with Crippen LogP contribution in [0, 0.1) is 18.8 Å². The van der Waals surface area contributed by atoms with Crippen LogP contribution in [0.25, 0.3) is 10.9 Å². The number of rotatable bonds is 1. The topological polar surface area (TPSA) is 19.4 Å². The Bertz CT molecular complexity index is 741. The van der Waals surface area contributed by atoms with E-state index in [-0.39, 0.29) is 0 Å². The van der Waals surface area contributed by atoms with Crippen LogP contribution in [0.4, 0.5) is 5.69 Å². The average Bonchev–Trinajstić information content (AvgIpc) is 3.12. The number of hydrogen-bond donors (Lipinski definition) is 0. The van der Waals surface area contributed by atoms with Crippen LogP contribution in [0.3, 0.4) is 0 Å². The van der Waals surface area contributed by atoms with Gasteiger partial charge in [-0.25, -0.2) is 0 Å². The number of fused-ring (bicyclic) bond motifs is 4. The maximum atomic E-state index is 4.62. The fraction of sp³-hybridized carbons (Fsp3) is 0.550. The third kappa shape index (κ3) is 2.09. The zero-order valence-corrected chi connectivity index (χ0v) is 13.9. The molecule has 3 aliphatic rings. The molecule has 3 fully saturated rings. The van der Waals surface area contributed by atoms with Crippen LogP contribution in [-0.2, 0) is 0 Å². The maximum absolute atomic E-state index is 4.62. The van der Waals surface area contributed by atoms with Crippen molar-refractivity contribution in [2.75, 3.05) is 31.1 Å². The Kier molecular flexibility index (Phi) is 3.12. The van der Waals surface area contributed by atoms with Crippen LogP contribution in [0.2, 0.25) is 0 Å². The monoisotopic (exact) mass is 307 g/mol. The van der Waals surface area contributed by atoms with Crippen molar-refractivity contribution in [3.8, 4) is 0 Å². The highest BCUT2D eigenvalue weighted by atomic mass is 15.3. The molecule has 0 bridgehead atoms. The molecule has 0 N–H and O–H groups in total. The van der Waals surface area contributed by atoms with Crippen LogP contribution < -0.4 is 4.90 Å². The van der Waals surface area contributed by atoms with Gasteiger partial charge in [-0.15, -0.1) is 0 Å². The molecule has 3 nitrogen and oxygen atoms in total. The molecule has 3 atom stereocenters. The second kappa shape index (κ2) is 5.20. The molecule has 5 rings (SSSR count). The van der Waals surface area contributed by atoms with Crippen molar-refractivity contribution in [1.82, 2.24) is 9.88 Å². The molecule has 120 valence electrons. The van der Waals surface area contributed by atoms with Gasteiger partial charge in [-0.3, -0.25) is 9.88 Å². The average molecular weight is 307 g/mol. The number of nitrogens with zero attached hydrogens (tertiary/aromatic N) is 3. The van der Waals surface area contributed by atoms with E-state index in [4.69, 9.17) is 0 Å². The van der Waals surface area contributed by atoms with Crippen LogP contribution in [-0.4, -0.2) is 42.1 Å². The van der Waals surface area contributed by atoms with Gasteiger partial charge >= 0.3 is 0 Å². The van der Waals surface area contributed by atoms with Crippen LogP contribution in [0.15, 0.2) is 30.5 Å². The summed E-state index contributed by atoms with van der Waals surface area (Å²) < 4.78 is 0. The van der Waals surface area contributed by atoms with Crippen molar-refractivity contribution in [2.24, 2.45) is 11.8 Å². The molecule has 0 spiro atoms. The van der Waals surface area contributed by atoms with Gasteiger partial charge in [0, 0.05) is 42.9 Å². The van der Waals surface area contributed by atoms with Gasteiger partial charge in [-0.05, 0) is 49.8 Å². The minimum Gasteiger partial charge on any atom is -0.370 e. The van der Waals surface area contributed by atoms with Crippen molar-refractivity contribution >= 4 is 16.6 Å². The summed E-state index contributed by atoms with van der Waals surface area (Å²) in [6.45, 7) is 7.30. The van der Waals surface area contributed by atoms with E-state index in [1.54, 1.807) is 0 Å². The smallest absolute Gasteiger partial charge is 0.0751 e. The summed E-state index contributed by atoms with van der Waals surface area (Å²) in [6, 6.07) is 9.65. The fourth-order valence-corrected chi connectivity index (χ4v) is 5.34. The van der Waals surface area contributed by atoms with Gasteiger partial charge in [0.05, 0.1) is 5.52 Å². The number of anilines is 1. The standard InChI is InChI=1S/C20H25N3/c1-14-5-4-6-16-19(8-9-21-20(14)16)23-12-15-11-22-10-3-2-7-18(22)17(15)13-23/h4-6,8-9,15,17-18H,2-3,7,10-13H2,1H3. The van der Waals surface area contributed by atoms with Crippen molar-refractivity contribution < 1.29 is 0 Å². The van der Waals surface area contributed by atoms with Crippen LogP contribution >= 0.6 is 0 Å². The maximum Gasteiger partial charge on any atom is 0.0751 e. The lowest BCUT2D eigenvalue weighted by molar-refractivity contribution is 0.173. The fourth-order valence-electron chi connectivity index (χ4n) is 5.34. The van der Waals surface area contributed by atoms with E-state index in [1.165, 1.54) is 67.6 Å². The minimum atomic E-state index is 0.855. The van der Waals surface area contributed by atoms with Crippen molar-refractivity contribution in [3.05, 3.63) is 36.0 Å². The zero-order chi connectivity index (χ0) is 15.4. The van der Waals surface area contributed by atoms with Crippen LogP contribution in [0.1, 0.15) is 24.8 Å². The summed E-state index contributed by atoms with van der Waals surface area (Å²) in [6.07, 6.45) is 6.26. The highest BCUT2D eigenvalue weighted by Gasteiger charge is 2.47. The predicted molar refractivity (Wildman–Crippen MR) is 94.9 cm³/mol. The molecule has 1 aromatic heterocycles. The largest absolute Gasteiger partial charge is 0.370 e. The first-order valence-corrected chi connectivity index (χ1v) is 9.14. The van der Waals surface area contributed by atoms with E-state index < -0.39 is 0 Å². The number of aromatic nitrogens is 1. The number of aryl methyl sites for hydroxylation is 1. The van der Waals surface area contributed by atoms with Crippen LogP contribution in [0.5, 0.6) is 0 Å². The summed E-state index contributed by atoms with van der Waals surface area (Å²) in [5.41, 5.74) is 3.85. The second-order valence-corrected chi connectivity index (χ2v) is 7.69. The van der Waals surface area contributed by atoms with Gasteiger partial charge in [0.15, 0.2) is 0 Å². The Balaban J connectivity index is 1.48. The third-order valence-corrected chi connectivity index (χ3v) is 6.41. The lowest BCUT2D eigenvalue weighted by Crippen LogP contribution is -2.39. The molecule has 3 saturated heterocycles. The molecule has 0 aliphatic carbocycles. The van der Waals surface area contributed by atoms with E-state index >= 15 is 0 Å². The lowest BCUT2D eigenvalue weighted by atomic mass is 9.90. The molecule has 1 aromatic carbocycles. The van der Waals surface area contributed by atoms with Gasteiger partial charge in [0.1, 0.15) is 0 Å².